The van der Waals surface area contributed by atoms with Crippen LogP contribution in [0.2, 0.25) is 0 Å². The van der Waals surface area contributed by atoms with Gasteiger partial charge in [-0.25, -0.2) is 19.4 Å². The Kier molecular flexibility index (Phi) is 10.6. The van der Waals surface area contributed by atoms with Crippen molar-refractivity contribution in [3.8, 4) is 5.88 Å². The van der Waals surface area contributed by atoms with Crippen molar-refractivity contribution in [3.05, 3.63) is 6.33 Å². The highest BCUT2D eigenvalue weighted by Crippen LogP contribution is 2.46. The van der Waals surface area contributed by atoms with Crippen LogP contribution in [0.1, 0.15) is 34.1 Å². The van der Waals surface area contributed by atoms with Crippen LogP contribution in [0.5, 0.6) is 5.88 Å². The van der Waals surface area contributed by atoms with Gasteiger partial charge in [0.1, 0.15) is 18.2 Å². The molecule has 0 amide bonds. The molecule has 0 spiro atoms. The molecule has 3 rings (SSSR count). The number of ether oxygens (including phenoxy) is 4. The fourth-order valence-electron chi connectivity index (χ4n) is 4.03. The number of rotatable bonds is 14. The minimum absolute atomic E-state index is 0.0299. The minimum Gasteiger partial charge on any atom is -0.479 e. The second-order valence-corrected chi connectivity index (χ2v) is 11.8. The van der Waals surface area contributed by atoms with Crippen molar-refractivity contribution in [1.82, 2.24) is 24.6 Å². The first-order valence-corrected chi connectivity index (χ1v) is 14.3. The normalized spacial score (nSPS) is 23.1. The third-order valence-electron chi connectivity index (χ3n) is 5.97. The summed E-state index contributed by atoms with van der Waals surface area (Å²) in [5.41, 5.74) is 3.89. The number of anilines is 1. The van der Waals surface area contributed by atoms with Crippen LogP contribution in [0, 0.1) is 5.92 Å². The summed E-state index contributed by atoms with van der Waals surface area (Å²) in [5.74, 6) is -1.68. The Morgan fingerprint density at radius 2 is 1.98 bits per heavy atom. The molecule has 0 saturated carbocycles. The number of aromatic nitrogens is 4. The summed E-state index contributed by atoms with van der Waals surface area (Å²) in [6, 6.07) is -1.12. The van der Waals surface area contributed by atoms with Gasteiger partial charge in [0, 0.05) is 0 Å². The number of aliphatic hydroxyl groups is 2. The van der Waals surface area contributed by atoms with Gasteiger partial charge in [0.2, 0.25) is 11.8 Å². The summed E-state index contributed by atoms with van der Waals surface area (Å²) < 4.78 is 46.2. The van der Waals surface area contributed by atoms with E-state index in [4.69, 9.17) is 29.0 Å². The molecule has 2 aromatic rings. The maximum atomic E-state index is 13.7. The third kappa shape index (κ3) is 7.68. The molecule has 5 N–H and O–H groups in total. The molecule has 41 heavy (non-hydrogen) atoms. The number of hydrogen-bond acceptors (Lipinski definition) is 15. The van der Waals surface area contributed by atoms with Crippen LogP contribution in [-0.4, -0.2) is 100 Å². The van der Waals surface area contributed by atoms with Crippen LogP contribution in [0.3, 0.4) is 0 Å². The van der Waals surface area contributed by atoms with E-state index in [0.29, 0.717) is 0 Å². The lowest BCUT2D eigenvalue weighted by atomic mass is 10.0. The van der Waals surface area contributed by atoms with Gasteiger partial charge in [-0.15, -0.1) is 0 Å². The Morgan fingerprint density at radius 1 is 1.27 bits per heavy atom. The van der Waals surface area contributed by atoms with Crippen LogP contribution in [0.4, 0.5) is 5.95 Å². The first kappa shape index (κ1) is 32.6. The molecule has 18 heteroatoms. The average molecular weight is 605 g/mol. The number of imidazole rings is 1. The molecule has 230 valence electrons. The quantitative estimate of drug-likeness (QED) is 0.165. The summed E-state index contributed by atoms with van der Waals surface area (Å²) in [5, 5.41) is 25.0. The molecular weight excluding hydrogens is 567 g/mol. The maximum Gasteiger partial charge on any atom is 0.406 e. The van der Waals surface area contributed by atoms with Crippen molar-refractivity contribution in [2.75, 3.05) is 39.8 Å². The number of nitrogen functional groups attached to an aromatic ring is 1. The Balaban J connectivity index is 1.82. The predicted molar refractivity (Wildman–Crippen MR) is 141 cm³/mol. The average Bonchev–Trinajstić information content (AvgIpc) is 3.46. The predicted octanol–water partition coefficient (Wildman–Crippen LogP) is 0.0921. The van der Waals surface area contributed by atoms with Gasteiger partial charge in [-0.3, -0.25) is 18.4 Å². The van der Waals surface area contributed by atoms with Crippen LogP contribution in [0.25, 0.3) is 11.2 Å². The summed E-state index contributed by atoms with van der Waals surface area (Å²) in [4.78, 5) is 36.6. The molecule has 3 unspecified atom stereocenters. The zero-order valence-corrected chi connectivity index (χ0v) is 24.6. The van der Waals surface area contributed by atoms with E-state index < -0.39 is 69.6 Å². The number of hydrogen-bond donors (Lipinski definition) is 4. The van der Waals surface area contributed by atoms with Crippen molar-refractivity contribution in [1.29, 1.82) is 0 Å². The van der Waals surface area contributed by atoms with Crippen LogP contribution in [-0.2, 0) is 43.1 Å². The van der Waals surface area contributed by atoms with Crippen LogP contribution >= 0.6 is 7.75 Å². The monoisotopic (exact) mass is 604 g/mol. The first-order chi connectivity index (χ1) is 19.2. The van der Waals surface area contributed by atoms with E-state index in [1.807, 2.05) is 13.8 Å². The number of nitrogens with one attached hydrogen (secondary N) is 1. The van der Waals surface area contributed by atoms with E-state index in [9.17, 15) is 24.4 Å². The van der Waals surface area contributed by atoms with E-state index in [0.717, 1.165) is 11.7 Å². The lowest BCUT2D eigenvalue weighted by molar-refractivity contribution is -0.150. The molecular formula is C23H37N6O11P. The number of methoxy groups -OCH3 is 2. The molecule has 5 atom stereocenters. The fraction of sp³-hybridized carbons (Fsp3) is 0.696. The lowest BCUT2D eigenvalue weighted by Crippen LogP contribution is -2.47. The Labute approximate surface area is 236 Å². The number of fused-ring (bicyclic) bond motifs is 1. The highest BCUT2D eigenvalue weighted by molar-refractivity contribution is 7.51. The second kappa shape index (κ2) is 13.4. The van der Waals surface area contributed by atoms with Crippen molar-refractivity contribution >= 4 is 36.8 Å². The van der Waals surface area contributed by atoms with Crippen molar-refractivity contribution in [2.24, 2.45) is 5.92 Å². The molecule has 0 bridgehead atoms. The van der Waals surface area contributed by atoms with Gasteiger partial charge in [-0.1, -0.05) is 13.8 Å². The molecule has 1 fully saturated rings. The zero-order valence-electron chi connectivity index (χ0n) is 23.7. The zero-order chi connectivity index (χ0) is 30.5. The number of carbonyl (C=O) groups excluding carboxylic acids is 2. The summed E-state index contributed by atoms with van der Waals surface area (Å²) in [6.07, 6.45) is -1.95. The number of nitrogens with zero attached hydrogens (tertiary/aromatic N) is 4. The minimum atomic E-state index is -4.43. The molecule has 0 aromatic carbocycles. The van der Waals surface area contributed by atoms with Crippen LogP contribution in [0.15, 0.2) is 6.33 Å². The van der Waals surface area contributed by atoms with E-state index in [1.54, 1.807) is 13.8 Å². The molecule has 1 aliphatic rings. The van der Waals surface area contributed by atoms with E-state index in [-0.39, 0.29) is 35.3 Å². The van der Waals surface area contributed by atoms with Gasteiger partial charge in [-0.05, 0) is 26.2 Å². The van der Waals surface area contributed by atoms with E-state index >= 15 is 0 Å². The van der Waals surface area contributed by atoms with Gasteiger partial charge in [-0.2, -0.15) is 9.97 Å². The van der Waals surface area contributed by atoms with Gasteiger partial charge in [0.15, 0.2) is 23.5 Å². The summed E-state index contributed by atoms with van der Waals surface area (Å²) >= 11 is 0. The highest BCUT2D eigenvalue weighted by atomic mass is 31.2. The molecule has 0 aliphatic carbocycles. The number of esters is 2. The number of aliphatic hydroxyl groups excluding tert-OH is 1. The topological polar surface area (TPSA) is 229 Å². The smallest absolute Gasteiger partial charge is 0.406 e. The first-order valence-electron chi connectivity index (χ1n) is 12.7. The van der Waals surface area contributed by atoms with Crippen molar-refractivity contribution in [2.45, 2.75) is 64.2 Å². The molecule has 1 aliphatic heterocycles. The van der Waals surface area contributed by atoms with Gasteiger partial charge < -0.3 is 34.9 Å². The summed E-state index contributed by atoms with van der Waals surface area (Å²) in [6.45, 7) is 5.21. The van der Waals surface area contributed by atoms with Crippen molar-refractivity contribution in [3.63, 3.8) is 0 Å². The fourth-order valence-corrected chi connectivity index (χ4v) is 5.46. The second-order valence-electron chi connectivity index (χ2n) is 9.99. The number of carbonyl (C=O) groups is 2. The summed E-state index contributed by atoms with van der Waals surface area (Å²) in [7, 11) is -1.96. The number of nitrogens with two attached hydrogens (primary N) is 1. The third-order valence-corrected chi connectivity index (χ3v) is 7.56. The Morgan fingerprint density at radius 3 is 2.59 bits per heavy atom. The van der Waals surface area contributed by atoms with E-state index in [1.165, 1.54) is 13.4 Å². The van der Waals surface area contributed by atoms with Crippen LogP contribution < -0.4 is 15.6 Å². The lowest BCUT2D eigenvalue weighted by Gasteiger charge is -2.29. The Hall–Kier alpha value is -2.92. The molecule has 1 saturated heterocycles. The van der Waals surface area contributed by atoms with E-state index in [2.05, 4.69) is 24.8 Å². The highest BCUT2D eigenvalue weighted by Gasteiger charge is 2.51. The SMILES string of the molecule is COC(=O)COP(=O)(N[C@@H](CC(C)C)C(=O)OC(C)C)OC[C@H]1OCC(O)(n2cnc3c(OC)nc(N)nc32)C1O. The maximum absolute atomic E-state index is 13.7. The molecule has 17 nitrogen and oxygen atoms in total. The molecule has 0 radical (unpaired) electrons. The largest absolute Gasteiger partial charge is 0.479 e. The van der Waals surface area contributed by atoms with Crippen molar-refractivity contribution < 1.29 is 52.4 Å². The molecule has 3 heterocycles. The van der Waals surface area contributed by atoms with Gasteiger partial charge in [0.05, 0.1) is 39.9 Å². The van der Waals surface area contributed by atoms with Gasteiger partial charge in [0.25, 0.3) is 0 Å². The Bertz CT molecular complexity index is 1270. The standard InChI is InChI=1S/C23H37N6O11P/c1-12(2)7-14(21(32)40-13(3)4)28-41(34,39-9-16(30)35-5)38-8-15-18(31)23(33,10-37-15)29-11-25-17-19(29)26-22(24)27-20(17)36-6/h11-15,18,31,33H,7-10H2,1-6H3,(H,28,34)(H2,24,26,27)/t14-,15+,18?,23?,41?/m0/s1. The molecule has 2 aromatic heterocycles. The van der Waals surface area contributed by atoms with Gasteiger partial charge >= 0.3 is 19.7 Å².